The van der Waals surface area contributed by atoms with E-state index in [0.29, 0.717) is 5.56 Å². The molecule has 3 nitrogen and oxygen atoms in total. The van der Waals surface area contributed by atoms with Crippen LogP contribution in [0.3, 0.4) is 0 Å². The van der Waals surface area contributed by atoms with Crippen molar-refractivity contribution < 1.29 is 9.18 Å². The third-order valence-electron chi connectivity index (χ3n) is 3.75. The molecule has 1 aromatic carbocycles. The van der Waals surface area contributed by atoms with Crippen molar-refractivity contribution in [2.24, 2.45) is 0 Å². The zero-order valence-corrected chi connectivity index (χ0v) is 11.5. The van der Waals surface area contributed by atoms with Crippen LogP contribution in [0.4, 0.5) is 4.39 Å². The van der Waals surface area contributed by atoms with Crippen LogP contribution in [0.25, 0.3) is 0 Å². The fourth-order valence-electron chi connectivity index (χ4n) is 2.35. The maximum Gasteiger partial charge on any atom is 0.230 e. The van der Waals surface area contributed by atoms with Gasteiger partial charge in [0.2, 0.25) is 5.91 Å². The van der Waals surface area contributed by atoms with E-state index < -0.39 is 5.41 Å². The summed E-state index contributed by atoms with van der Waals surface area (Å²) >= 11 is 0. The van der Waals surface area contributed by atoms with Crippen LogP contribution in [0.1, 0.15) is 32.3 Å². The standard InChI is InChI=1S/C15H21FN2O/c1-15(2,11-5-3-6-12(16)9-11)14(19)18-13-7-4-8-17-10-13/h3,5-6,9,13,17H,4,7-8,10H2,1-2H3,(H,18,19). The van der Waals surface area contributed by atoms with Crippen LogP contribution in [-0.2, 0) is 10.2 Å². The second kappa shape index (κ2) is 5.70. The third-order valence-corrected chi connectivity index (χ3v) is 3.75. The highest BCUT2D eigenvalue weighted by Gasteiger charge is 2.31. The summed E-state index contributed by atoms with van der Waals surface area (Å²) < 4.78 is 13.3. The van der Waals surface area contributed by atoms with Gasteiger partial charge in [-0.25, -0.2) is 4.39 Å². The predicted molar refractivity (Wildman–Crippen MR) is 73.5 cm³/mol. The number of halogens is 1. The Morgan fingerprint density at radius 3 is 2.89 bits per heavy atom. The van der Waals surface area contributed by atoms with Crippen molar-refractivity contribution in [3.63, 3.8) is 0 Å². The van der Waals surface area contributed by atoms with Crippen LogP contribution in [0, 0.1) is 5.82 Å². The number of rotatable bonds is 3. The van der Waals surface area contributed by atoms with E-state index in [9.17, 15) is 9.18 Å². The normalized spacial score (nSPS) is 20.1. The number of hydrogen-bond acceptors (Lipinski definition) is 2. The molecule has 1 saturated heterocycles. The third kappa shape index (κ3) is 3.32. The van der Waals surface area contributed by atoms with E-state index in [1.54, 1.807) is 12.1 Å². The van der Waals surface area contributed by atoms with E-state index in [4.69, 9.17) is 0 Å². The molecule has 2 rings (SSSR count). The molecule has 0 spiro atoms. The minimum atomic E-state index is -0.723. The van der Waals surface area contributed by atoms with Gasteiger partial charge in [-0.05, 0) is 50.9 Å². The average molecular weight is 264 g/mol. The van der Waals surface area contributed by atoms with Gasteiger partial charge < -0.3 is 10.6 Å². The van der Waals surface area contributed by atoms with Crippen molar-refractivity contribution in [1.29, 1.82) is 0 Å². The van der Waals surface area contributed by atoms with E-state index in [1.165, 1.54) is 12.1 Å². The summed E-state index contributed by atoms with van der Waals surface area (Å²) in [5, 5.41) is 6.32. The van der Waals surface area contributed by atoms with Crippen molar-refractivity contribution in [2.75, 3.05) is 13.1 Å². The van der Waals surface area contributed by atoms with Crippen molar-refractivity contribution in [2.45, 2.75) is 38.1 Å². The lowest BCUT2D eigenvalue weighted by Crippen LogP contribution is -2.50. The molecule has 0 aromatic heterocycles. The largest absolute Gasteiger partial charge is 0.351 e. The maximum absolute atomic E-state index is 13.3. The molecule has 0 aliphatic carbocycles. The van der Waals surface area contributed by atoms with Crippen LogP contribution in [-0.4, -0.2) is 25.0 Å². The van der Waals surface area contributed by atoms with Gasteiger partial charge in [0.05, 0.1) is 5.41 Å². The first kappa shape index (κ1) is 14.0. The predicted octanol–water partition coefficient (Wildman–Crippen LogP) is 1.97. The number of nitrogens with one attached hydrogen (secondary N) is 2. The number of piperidine rings is 1. The molecule has 1 aromatic rings. The lowest BCUT2D eigenvalue weighted by atomic mass is 9.83. The summed E-state index contributed by atoms with van der Waals surface area (Å²) in [5.41, 5.74) is -0.0201. The number of hydrogen-bond donors (Lipinski definition) is 2. The maximum atomic E-state index is 13.3. The topological polar surface area (TPSA) is 41.1 Å². The second-order valence-electron chi connectivity index (χ2n) is 5.65. The molecule has 1 fully saturated rings. The van der Waals surface area contributed by atoms with Gasteiger partial charge in [0.25, 0.3) is 0 Å². The van der Waals surface area contributed by atoms with Crippen molar-refractivity contribution >= 4 is 5.91 Å². The number of amides is 1. The Hall–Kier alpha value is -1.42. The number of carbonyl (C=O) groups is 1. The highest BCUT2D eigenvalue weighted by Crippen LogP contribution is 2.24. The van der Waals surface area contributed by atoms with Crippen LogP contribution in [0.15, 0.2) is 24.3 Å². The first-order chi connectivity index (χ1) is 9.00. The molecule has 1 heterocycles. The van der Waals surface area contributed by atoms with Gasteiger partial charge in [0, 0.05) is 12.6 Å². The number of benzene rings is 1. The molecule has 1 unspecified atom stereocenters. The molecule has 1 aliphatic heterocycles. The summed E-state index contributed by atoms with van der Waals surface area (Å²) in [6.45, 7) is 5.48. The summed E-state index contributed by atoms with van der Waals surface area (Å²) in [5.74, 6) is -0.357. The Kier molecular flexibility index (Phi) is 4.20. The van der Waals surface area contributed by atoms with E-state index >= 15 is 0 Å². The SMILES string of the molecule is CC(C)(C(=O)NC1CCCNC1)c1cccc(F)c1. The Balaban J connectivity index is 2.07. The summed E-state index contributed by atoms with van der Waals surface area (Å²) in [6.07, 6.45) is 2.07. The quantitative estimate of drug-likeness (QED) is 0.876. The summed E-state index contributed by atoms with van der Waals surface area (Å²) in [7, 11) is 0. The molecule has 1 amide bonds. The van der Waals surface area contributed by atoms with Gasteiger partial charge >= 0.3 is 0 Å². The van der Waals surface area contributed by atoms with Gasteiger partial charge in [0.15, 0.2) is 0 Å². The highest BCUT2D eigenvalue weighted by atomic mass is 19.1. The van der Waals surface area contributed by atoms with E-state index in [1.807, 2.05) is 13.8 Å². The summed E-state index contributed by atoms with van der Waals surface area (Å²) in [6, 6.07) is 6.43. The molecule has 1 aliphatic rings. The van der Waals surface area contributed by atoms with Crippen LogP contribution in [0.5, 0.6) is 0 Å². The molecule has 0 saturated carbocycles. The van der Waals surface area contributed by atoms with Gasteiger partial charge in [-0.3, -0.25) is 4.79 Å². The Bertz CT molecular complexity index is 453. The first-order valence-corrected chi connectivity index (χ1v) is 6.78. The molecule has 1 atom stereocenters. The van der Waals surface area contributed by atoms with E-state index in [0.717, 1.165) is 25.9 Å². The highest BCUT2D eigenvalue weighted by molar-refractivity contribution is 5.87. The second-order valence-corrected chi connectivity index (χ2v) is 5.65. The fraction of sp³-hybridized carbons (Fsp3) is 0.533. The van der Waals surface area contributed by atoms with Gasteiger partial charge in [-0.2, -0.15) is 0 Å². The van der Waals surface area contributed by atoms with Crippen molar-refractivity contribution in [3.8, 4) is 0 Å². The lowest BCUT2D eigenvalue weighted by molar-refractivity contribution is -0.126. The minimum Gasteiger partial charge on any atom is -0.351 e. The molecule has 104 valence electrons. The Morgan fingerprint density at radius 2 is 2.26 bits per heavy atom. The van der Waals surface area contributed by atoms with Crippen LogP contribution >= 0.6 is 0 Å². The van der Waals surface area contributed by atoms with Crippen molar-refractivity contribution in [3.05, 3.63) is 35.6 Å². The zero-order chi connectivity index (χ0) is 13.9. The van der Waals surface area contributed by atoms with Gasteiger partial charge in [-0.15, -0.1) is 0 Å². The smallest absolute Gasteiger partial charge is 0.230 e. The average Bonchev–Trinajstić information content (AvgIpc) is 2.40. The van der Waals surface area contributed by atoms with E-state index in [-0.39, 0.29) is 17.8 Å². The molecule has 2 N–H and O–H groups in total. The Labute approximate surface area is 113 Å². The fourth-order valence-corrected chi connectivity index (χ4v) is 2.35. The number of carbonyl (C=O) groups excluding carboxylic acids is 1. The van der Waals surface area contributed by atoms with Crippen LogP contribution in [0.2, 0.25) is 0 Å². The van der Waals surface area contributed by atoms with Gasteiger partial charge in [0.1, 0.15) is 5.82 Å². The molecule has 19 heavy (non-hydrogen) atoms. The molecule has 0 bridgehead atoms. The Morgan fingerprint density at radius 1 is 1.47 bits per heavy atom. The molecule has 0 radical (unpaired) electrons. The minimum absolute atomic E-state index is 0.0493. The van der Waals surface area contributed by atoms with Crippen molar-refractivity contribution in [1.82, 2.24) is 10.6 Å². The zero-order valence-electron chi connectivity index (χ0n) is 11.5. The van der Waals surface area contributed by atoms with Crippen LogP contribution < -0.4 is 10.6 Å². The van der Waals surface area contributed by atoms with E-state index in [2.05, 4.69) is 10.6 Å². The summed E-state index contributed by atoms with van der Waals surface area (Å²) in [4.78, 5) is 12.4. The first-order valence-electron chi connectivity index (χ1n) is 6.78. The van der Waals surface area contributed by atoms with Gasteiger partial charge in [-0.1, -0.05) is 12.1 Å². The molecular weight excluding hydrogens is 243 g/mol. The molecular formula is C15H21FN2O. The monoisotopic (exact) mass is 264 g/mol. The molecule has 4 heteroatoms. The lowest BCUT2D eigenvalue weighted by Gasteiger charge is -2.30.